The van der Waals surface area contributed by atoms with Crippen LogP contribution in [0.15, 0.2) is 0 Å². The third kappa shape index (κ3) is 3.71. The van der Waals surface area contributed by atoms with E-state index < -0.39 is 25.9 Å². The van der Waals surface area contributed by atoms with Crippen molar-refractivity contribution >= 4 is 35.8 Å². The van der Waals surface area contributed by atoms with Gasteiger partial charge in [0, 0.05) is 0 Å². The Labute approximate surface area is 158 Å². The molecule has 1 heterocycles. The summed E-state index contributed by atoms with van der Waals surface area (Å²) in [4.78, 5) is 0. The lowest BCUT2D eigenvalue weighted by molar-refractivity contribution is 0.456. The van der Waals surface area contributed by atoms with Gasteiger partial charge in [-0.05, 0) is 49.9 Å². The summed E-state index contributed by atoms with van der Waals surface area (Å²) in [5, 5.41) is 0. The van der Waals surface area contributed by atoms with Gasteiger partial charge < -0.3 is 17.3 Å². The van der Waals surface area contributed by atoms with E-state index in [2.05, 4.69) is 72.7 Å². The average molecular weight is 405 g/mol. The van der Waals surface area contributed by atoms with Crippen LogP contribution in [0.5, 0.6) is 0 Å². The fourth-order valence-electron chi connectivity index (χ4n) is 5.47. The van der Waals surface area contributed by atoms with Gasteiger partial charge in [-0.15, -0.1) is 0 Å². The molecular weight excluding hydrogens is 361 g/mol. The van der Waals surface area contributed by atoms with Crippen molar-refractivity contribution in [2.24, 2.45) is 0 Å². The fraction of sp³-hybridized carbons (Fsp3) is 1.00. The second kappa shape index (κ2) is 10.1. The first kappa shape index (κ1) is 22.7. The van der Waals surface area contributed by atoms with E-state index in [9.17, 15) is 0 Å². The highest BCUT2D eigenvalue weighted by Gasteiger charge is 2.55. The number of hydrogen-bond donors (Lipinski definition) is 1. The molecule has 0 aromatic rings. The van der Waals surface area contributed by atoms with Gasteiger partial charge in [0.25, 0.3) is 0 Å². The van der Waals surface area contributed by atoms with Crippen LogP contribution in [-0.2, 0) is 0 Å². The molecule has 0 bridgehead atoms. The molecule has 24 heavy (non-hydrogen) atoms. The van der Waals surface area contributed by atoms with Gasteiger partial charge >= 0.3 is 0 Å². The molecule has 0 aliphatic carbocycles. The summed E-state index contributed by atoms with van der Waals surface area (Å²) < 4.78 is 13.6. The maximum absolute atomic E-state index is 4.24. The van der Waals surface area contributed by atoms with Crippen molar-refractivity contribution < 1.29 is 0 Å². The predicted octanol–water partition coefficient (Wildman–Crippen LogP) is 2.76. The smallest absolute Gasteiger partial charge is 0.194 e. The molecule has 1 unspecified atom stereocenters. The van der Waals surface area contributed by atoms with Crippen LogP contribution in [0.4, 0.5) is 0 Å². The Bertz CT molecular complexity index is 364. The lowest BCUT2D eigenvalue weighted by atomic mass is 10.8. The first-order chi connectivity index (χ1) is 11.5. The summed E-state index contributed by atoms with van der Waals surface area (Å²) in [6, 6.07) is 6.95. The SMILES string of the molecule is CCN1[SiH2]N[SiH](CC)N(CC)[Si](CC)(CC)N(CC)[Si]1(CC)CC. The van der Waals surface area contributed by atoms with Crippen LogP contribution in [0.2, 0.25) is 30.2 Å². The van der Waals surface area contributed by atoms with E-state index in [1.165, 1.54) is 49.9 Å². The fourth-order valence-corrected chi connectivity index (χ4v) is 33.2. The van der Waals surface area contributed by atoms with Gasteiger partial charge in [-0.25, -0.2) is 0 Å². The molecule has 1 rings (SSSR count). The summed E-state index contributed by atoms with van der Waals surface area (Å²) in [7, 11) is -4.44. The molecular formula is C16H44N4Si4. The molecule has 1 saturated heterocycles. The average Bonchev–Trinajstić information content (AvgIpc) is 2.62. The normalized spacial score (nSPS) is 27.2. The molecule has 1 aliphatic rings. The first-order valence-electron chi connectivity index (χ1n) is 10.5. The lowest BCUT2D eigenvalue weighted by Gasteiger charge is -2.61. The van der Waals surface area contributed by atoms with Crippen molar-refractivity contribution in [2.45, 2.75) is 85.6 Å². The molecule has 0 saturated carbocycles. The number of rotatable bonds is 8. The molecule has 0 aromatic heterocycles. The van der Waals surface area contributed by atoms with Crippen molar-refractivity contribution in [1.82, 2.24) is 17.3 Å². The second-order valence-electron chi connectivity index (χ2n) is 7.05. The highest BCUT2D eigenvalue weighted by molar-refractivity contribution is 6.97. The maximum atomic E-state index is 4.24. The maximum Gasteiger partial charge on any atom is 0.194 e. The topological polar surface area (TPSA) is 21.8 Å². The predicted molar refractivity (Wildman–Crippen MR) is 120 cm³/mol. The molecule has 1 atom stereocenters. The van der Waals surface area contributed by atoms with Gasteiger partial charge in [0.05, 0.1) is 0 Å². The zero-order chi connectivity index (χ0) is 18.4. The van der Waals surface area contributed by atoms with Gasteiger partial charge in [-0.2, -0.15) is 0 Å². The zero-order valence-corrected chi connectivity index (χ0v) is 22.4. The first-order valence-corrected chi connectivity index (χ1v) is 18.4. The van der Waals surface area contributed by atoms with Crippen molar-refractivity contribution in [2.75, 3.05) is 19.6 Å². The minimum absolute atomic E-state index is 0.320. The zero-order valence-electron chi connectivity index (χ0n) is 17.8. The minimum Gasteiger partial charge on any atom is -0.343 e. The van der Waals surface area contributed by atoms with Crippen LogP contribution in [0, 0.1) is 0 Å². The lowest BCUT2D eigenvalue weighted by Crippen LogP contribution is -2.83. The standard InChI is InChI=1S/C16H44N4Si4/c1-9-18-21-17-22(12-4)19(10-2)24(15-7,16-8)20(11-3)23(18,13-5)14-6/h17,22H,9-16,21H2,1-8H3. The Hall–Kier alpha value is 0.708. The van der Waals surface area contributed by atoms with Crippen LogP contribution >= 0.6 is 0 Å². The van der Waals surface area contributed by atoms with Crippen molar-refractivity contribution in [1.29, 1.82) is 0 Å². The Morgan fingerprint density at radius 3 is 1.62 bits per heavy atom. The summed E-state index contributed by atoms with van der Waals surface area (Å²) in [5.41, 5.74) is 0. The molecule has 1 aliphatic heterocycles. The third-order valence-electron chi connectivity index (χ3n) is 6.71. The second-order valence-corrected chi connectivity index (χ2v) is 22.9. The van der Waals surface area contributed by atoms with Crippen molar-refractivity contribution in [3.05, 3.63) is 0 Å². The molecule has 0 radical (unpaired) electrons. The van der Waals surface area contributed by atoms with Crippen LogP contribution in [0.3, 0.4) is 0 Å². The van der Waals surface area contributed by atoms with E-state index in [1.807, 2.05) is 0 Å². The van der Waals surface area contributed by atoms with Crippen molar-refractivity contribution in [3.63, 3.8) is 0 Å². The number of nitrogens with one attached hydrogen (secondary N) is 1. The molecule has 1 N–H and O–H groups in total. The van der Waals surface area contributed by atoms with Crippen LogP contribution < -0.4 is 4.65 Å². The van der Waals surface area contributed by atoms with E-state index >= 15 is 0 Å². The van der Waals surface area contributed by atoms with Gasteiger partial charge in [0.15, 0.2) is 35.8 Å². The van der Waals surface area contributed by atoms with Gasteiger partial charge in [-0.1, -0.05) is 55.4 Å². The molecule has 4 nitrogen and oxygen atoms in total. The van der Waals surface area contributed by atoms with Crippen LogP contribution in [0.25, 0.3) is 0 Å². The largest absolute Gasteiger partial charge is 0.343 e. The Morgan fingerprint density at radius 2 is 1.29 bits per heavy atom. The summed E-state index contributed by atoms with van der Waals surface area (Å²) in [6.07, 6.45) is 0. The Morgan fingerprint density at radius 1 is 0.750 bits per heavy atom. The van der Waals surface area contributed by atoms with Gasteiger partial charge in [0.1, 0.15) is 0 Å². The molecule has 144 valence electrons. The Balaban J connectivity index is 3.59. The summed E-state index contributed by atoms with van der Waals surface area (Å²) >= 11 is 0. The highest BCUT2D eigenvalue weighted by Crippen LogP contribution is 2.36. The highest BCUT2D eigenvalue weighted by atomic mass is 28.5. The molecule has 0 aromatic carbocycles. The van der Waals surface area contributed by atoms with Gasteiger partial charge in [0.2, 0.25) is 0 Å². The number of nitrogens with zero attached hydrogens (tertiary/aromatic N) is 3. The van der Waals surface area contributed by atoms with E-state index in [1.54, 1.807) is 0 Å². The molecule has 1 fully saturated rings. The quantitative estimate of drug-likeness (QED) is 0.628. The minimum atomic E-state index is -1.58. The monoisotopic (exact) mass is 404 g/mol. The van der Waals surface area contributed by atoms with Crippen LogP contribution in [-0.4, -0.2) is 68.1 Å². The van der Waals surface area contributed by atoms with Crippen LogP contribution in [0.1, 0.15) is 55.4 Å². The molecule has 0 spiro atoms. The van der Waals surface area contributed by atoms with E-state index in [0.717, 1.165) is 0 Å². The van der Waals surface area contributed by atoms with E-state index in [4.69, 9.17) is 0 Å². The van der Waals surface area contributed by atoms with Gasteiger partial charge in [-0.3, -0.25) is 0 Å². The third-order valence-corrected chi connectivity index (χ3v) is 29.2. The van der Waals surface area contributed by atoms with E-state index in [0.29, 0.717) is 0 Å². The Kier molecular flexibility index (Phi) is 9.62. The number of hydrogen-bond acceptors (Lipinski definition) is 4. The summed E-state index contributed by atoms with van der Waals surface area (Å²) in [5.74, 6) is 0. The molecule has 0 amide bonds. The van der Waals surface area contributed by atoms with Crippen molar-refractivity contribution in [3.8, 4) is 0 Å². The molecule has 8 heteroatoms. The van der Waals surface area contributed by atoms with E-state index in [-0.39, 0.29) is 9.84 Å². The summed E-state index contributed by atoms with van der Waals surface area (Å²) in [6.45, 7) is 23.5.